The number of nitrogens with one attached hydrogen (secondary N) is 1. The quantitative estimate of drug-likeness (QED) is 0.532. The highest BCUT2D eigenvalue weighted by Crippen LogP contribution is 2.25. The molecule has 0 aliphatic rings. The van der Waals surface area contributed by atoms with Crippen LogP contribution in [-0.4, -0.2) is 35.9 Å². The van der Waals surface area contributed by atoms with Gasteiger partial charge in [-0.15, -0.1) is 0 Å². The SMILES string of the molecule is Cc1ccccc1CN(C(=O)COc1cccc2ccccc12)[C@@H](C)C(=O)NCC(C)C. The van der Waals surface area contributed by atoms with E-state index in [2.05, 4.69) is 5.32 Å². The highest BCUT2D eigenvalue weighted by Gasteiger charge is 2.27. The van der Waals surface area contributed by atoms with Gasteiger partial charge in [-0.05, 0) is 42.3 Å². The molecule has 5 heteroatoms. The molecule has 3 aromatic carbocycles. The lowest BCUT2D eigenvalue weighted by Crippen LogP contribution is -2.49. The van der Waals surface area contributed by atoms with Gasteiger partial charge in [0, 0.05) is 18.5 Å². The Morgan fingerprint density at radius 3 is 2.38 bits per heavy atom. The maximum absolute atomic E-state index is 13.3. The zero-order valence-corrected chi connectivity index (χ0v) is 19.3. The zero-order valence-electron chi connectivity index (χ0n) is 19.3. The van der Waals surface area contributed by atoms with Crippen LogP contribution in [0.25, 0.3) is 10.8 Å². The predicted octanol–water partition coefficient (Wildman–Crippen LogP) is 4.72. The third-order valence-corrected chi connectivity index (χ3v) is 5.55. The second-order valence-electron chi connectivity index (χ2n) is 8.53. The van der Waals surface area contributed by atoms with Crippen molar-refractivity contribution in [2.75, 3.05) is 13.2 Å². The molecule has 2 amide bonds. The minimum absolute atomic E-state index is 0.137. The molecule has 0 bridgehead atoms. The van der Waals surface area contributed by atoms with Gasteiger partial charge in [0.1, 0.15) is 11.8 Å². The third-order valence-electron chi connectivity index (χ3n) is 5.55. The van der Waals surface area contributed by atoms with E-state index >= 15 is 0 Å². The van der Waals surface area contributed by atoms with Crippen LogP contribution in [0.15, 0.2) is 66.7 Å². The van der Waals surface area contributed by atoms with E-state index in [1.165, 1.54) is 0 Å². The lowest BCUT2D eigenvalue weighted by atomic mass is 10.1. The van der Waals surface area contributed by atoms with E-state index in [1.54, 1.807) is 11.8 Å². The van der Waals surface area contributed by atoms with Crippen molar-refractivity contribution in [2.24, 2.45) is 5.92 Å². The van der Waals surface area contributed by atoms with Crippen LogP contribution in [-0.2, 0) is 16.1 Å². The largest absolute Gasteiger partial charge is 0.483 e. The molecule has 5 nitrogen and oxygen atoms in total. The molecular weight excluding hydrogens is 400 g/mol. The van der Waals surface area contributed by atoms with E-state index in [0.717, 1.165) is 21.9 Å². The number of carbonyl (C=O) groups is 2. The Labute approximate surface area is 190 Å². The topological polar surface area (TPSA) is 58.6 Å². The number of fused-ring (bicyclic) bond motifs is 1. The molecule has 168 valence electrons. The first kappa shape index (κ1) is 23.3. The average Bonchev–Trinajstić information content (AvgIpc) is 2.80. The molecule has 32 heavy (non-hydrogen) atoms. The molecule has 0 unspecified atom stereocenters. The van der Waals surface area contributed by atoms with E-state index in [4.69, 9.17) is 4.74 Å². The summed E-state index contributed by atoms with van der Waals surface area (Å²) in [6.45, 7) is 8.64. The molecule has 0 aliphatic heterocycles. The van der Waals surface area contributed by atoms with Crippen LogP contribution < -0.4 is 10.1 Å². The van der Waals surface area contributed by atoms with Gasteiger partial charge in [0.25, 0.3) is 5.91 Å². The number of carbonyl (C=O) groups excluding carboxylic acids is 2. The highest BCUT2D eigenvalue weighted by atomic mass is 16.5. The smallest absolute Gasteiger partial charge is 0.261 e. The normalized spacial score (nSPS) is 11.9. The first-order valence-corrected chi connectivity index (χ1v) is 11.1. The molecule has 3 rings (SSSR count). The van der Waals surface area contributed by atoms with Crippen molar-refractivity contribution in [1.29, 1.82) is 0 Å². The fraction of sp³-hybridized carbons (Fsp3) is 0.333. The number of ether oxygens (including phenoxy) is 1. The molecule has 1 atom stereocenters. The summed E-state index contributed by atoms with van der Waals surface area (Å²) in [5, 5.41) is 4.95. The molecule has 0 aliphatic carbocycles. The van der Waals surface area contributed by atoms with Crippen molar-refractivity contribution in [2.45, 2.75) is 40.3 Å². The Hall–Kier alpha value is -3.34. The van der Waals surface area contributed by atoms with Crippen molar-refractivity contribution < 1.29 is 14.3 Å². The number of benzene rings is 3. The summed E-state index contributed by atoms with van der Waals surface area (Å²) in [6, 6.07) is 21.0. The highest BCUT2D eigenvalue weighted by molar-refractivity contribution is 5.90. The van der Waals surface area contributed by atoms with E-state index < -0.39 is 6.04 Å². The Morgan fingerprint density at radius 2 is 1.62 bits per heavy atom. The van der Waals surface area contributed by atoms with Crippen molar-refractivity contribution in [3.63, 3.8) is 0 Å². The number of hydrogen-bond donors (Lipinski definition) is 1. The van der Waals surface area contributed by atoms with E-state index in [1.807, 2.05) is 87.5 Å². The Bertz CT molecular complexity index is 1070. The van der Waals surface area contributed by atoms with Crippen LogP contribution in [0.4, 0.5) is 0 Å². The standard InChI is InChI=1S/C27H32N2O3/c1-19(2)16-28-27(31)21(4)29(17-23-12-6-5-10-20(23)3)26(30)18-32-25-15-9-13-22-11-7-8-14-24(22)25/h5-15,19,21H,16-18H2,1-4H3,(H,28,31)/t21-/m0/s1. The number of aryl methyl sites for hydroxylation is 1. The minimum Gasteiger partial charge on any atom is -0.483 e. The molecular formula is C27H32N2O3. The van der Waals surface area contributed by atoms with Gasteiger partial charge in [-0.3, -0.25) is 9.59 Å². The molecule has 0 heterocycles. The fourth-order valence-corrected chi connectivity index (χ4v) is 3.55. The second-order valence-corrected chi connectivity index (χ2v) is 8.53. The van der Waals surface area contributed by atoms with Crippen molar-refractivity contribution in [3.8, 4) is 5.75 Å². The van der Waals surface area contributed by atoms with E-state index in [0.29, 0.717) is 24.8 Å². The Kier molecular flexibility index (Phi) is 7.87. The van der Waals surface area contributed by atoms with Crippen molar-refractivity contribution in [3.05, 3.63) is 77.9 Å². The Morgan fingerprint density at radius 1 is 0.938 bits per heavy atom. The van der Waals surface area contributed by atoms with Crippen LogP contribution >= 0.6 is 0 Å². The molecule has 3 aromatic rings. The van der Waals surface area contributed by atoms with E-state index in [9.17, 15) is 9.59 Å². The summed E-state index contributed by atoms with van der Waals surface area (Å²) in [4.78, 5) is 27.6. The molecule has 0 spiro atoms. The summed E-state index contributed by atoms with van der Waals surface area (Å²) >= 11 is 0. The molecule has 0 fully saturated rings. The van der Waals surface area contributed by atoms with Gasteiger partial charge in [0.15, 0.2) is 6.61 Å². The minimum atomic E-state index is -0.614. The summed E-state index contributed by atoms with van der Waals surface area (Å²) in [6.07, 6.45) is 0. The number of amides is 2. The van der Waals surface area contributed by atoms with E-state index in [-0.39, 0.29) is 18.4 Å². The van der Waals surface area contributed by atoms with Crippen LogP contribution in [0.5, 0.6) is 5.75 Å². The third kappa shape index (κ3) is 5.88. The summed E-state index contributed by atoms with van der Waals surface area (Å²) in [7, 11) is 0. The van der Waals surface area contributed by atoms with Gasteiger partial charge < -0.3 is 15.0 Å². The van der Waals surface area contributed by atoms with Crippen LogP contribution in [0.2, 0.25) is 0 Å². The van der Waals surface area contributed by atoms with Gasteiger partial charge in [0.2, 0.25) is 5.91 Å². The number of rotatable bonds is 9. The lowest BCUT2D eigenvalue weighted by molar-refractivity contribution is -0.142. The van der Waals surface area contributed by atoms with Crippen molar-refractivity contribution in [1.82, 2.24) is 10.2 Å². The maximum Gasteiger partial charge on any atom is 0.261 e. The summed E-state index contributed by atoms with van der Waals surface area (Å²) < 4.78 is 5.94. The van der Waals surface area contributed by atoms with Gasteiger partial charge in [-0.1, -0.05) is 74.5 Å². The van der Waals surface area contributed by atoms with Crippen LogP contribution in [0.1, 0.15) is 31.9 Å². The maximum atomic E-state index is 13.3. The van der Waals surface area contributed by atoms with Gasteiger partial charge in [-0.2, -0.15) is 0 Å². The van der Waals surface area contributed by atoms with Gasteiger partial charge in [0.05, 0.1) is 0 Å². The molecule has 1 N–H and O–H groups in total. The first-order valence-electron chi connectivity index (χ1n) is 11.1. The molecule has 0 saturated carbocycles. The monoisotopic (exact) mass is 432 g/mol. The average molecular weight is 433 g/mol. The van der Waals surface area contributed by atoms with Crippen LogP contribution in [0, 0.1) is 12.8 Å². The molecule has 0 radical (unpaired) electrons. The summed E-state index contributed by atoms with van der Waals surface area (Å²) in [5.74, 6) is 0.602. The first-order chi connectivity index (χ1) is 15.4. The summed E-state index contributed by atoms with van der Waals surface area (Å²) in [5.41, 5.74) is 2.09. The zero-order chi connectivity index (χ0) is 23.1. The van der Waals surface area contributed by atoms with Gasteiger partial charge >= 0.3 is 0 Å². The lowest BCUT2D eigenvalue weighted by Gasteiger charge is -2.29. The number of nitrogens with zero attached hydrogens (tertiary/aromatic N) is 1. The fourth-order valence-electron chi connectivity index (χ4n) is 3.55. The molecule has 0 saturated heterocycles. The van der Waals surface area contributed by atoms with Gasteiger partial charge in [-0.25, -0.2) is 0 Å². The van der Waals surface area contributed by atoms with Crippen molar-refractivity contribution >= 4 is 22.6 Å². The molecule has 0 aromatic heterocycles. The Balaban J connectivity index is 1.78. The predicted molar refractivity (Wildman–Crippen MR) is 128 cm³/mol. The second kappa shape index (κ2) is 10.8. The van der Waals surface area contributed by atoms with Crippen LogP contribution in [0.3, 0.4) is 0 Å². The number of hydrogen-bond acceptors (Lipinski definition) is 3.